The number of nitrogens with one attached hydrogen (secondary N) is 1. The molecule has 1 aliphatic heterocycles. The van der Waals surface area contributed by atoms with Crippen molar-refractivity contribution < 1.29 is 18.7 Å². The highest BCUT2D eigenvalue weighted by Gasteiger charge is 2.46. The van der Waals surface area contributed by atoms with E-state index in [2.05, 4.69) is 10.3 Å². The molecule has 156 valence electrons. The zero-order chi connectivity index (χ0) is 20.6. The monoisotopic (exact) mass is 399 g/mol. The molecule has 0 atom stereocenters. The Bertz CT molecular complexity index is 865. The minimum Gasteiger partial charge on any atom is -0.449 e. The molecule has 1 saturated heterocycles. The molecule has 1 saturated carbocycles. The van der Waals surface area contributed by atoms with Gasteiger partial charge in [-0.3, -0.25) is 9.78 Å². The van der Waals surface area contributed by atoms with Gasteiger partial charge in [0, 0.05) is 31.2 Å². The van der Waals surface area contributed by atoms with E-state index in [4.69, 9.17) is 9.15 Å². The fourth-order valence-electron chi connectivity index (χ4n) is 4.53. The van der Waals surface area contributed by atoms with Gasteiger partial charge in [0.2, 0.25) is 0 Å². The third kappa shape index (κ3) is 4.38. The highest BCUT2D eigenvalue weighted by atomic mass is 16.6. The molecule has 2 amide bonds. The van der Waals surface area contributed by atoms with Crippen LogP contribution in [0.4, 0.5) is 4.79 Å². The molecule has 1 aliphatic carbocycles. The average molecular weight is 399 g/mol. The predicted octanol–water partition coefficient (Wildman–Crippen LogP) is 3.98. The number of aromatic nitrogens is 1. The Morgan fingerprint density at radius 3 is 2.69 bits per heavy atom. The first-order chi connectivity index (χ1) is 13.7. The van der Waals surface area contributed by atoms with E-state index in [9.17, 15) is 9.59 Å². The number of furan rings is 1. The molecule has 0 radical (unpaired) electrons. The standard InChI is InChI=1S/C22H29N3O4/c1-21(2,3)29-20(27)25-8-5-22(6-9-25)11-15(12-22)13-24-19(26)17-10-16-4-7-23-14-18(16)28-17/h4,7,10,14-15H,5-6,8-9,11-13H2,1-3H3,(H,24,26). The smallest absolute Gasteiger partial charge is 0.410 e. The minimum atomic E-state index is -0.456. The molecule has 0 aromatic carbocycles. The molecule has 2 aliphatic rings. The summed E-state index contributed by atoms with van der Waals surface area (Å²) in [6, 6.07) is 3.58. The molecule has 4 rings (SSSR count). The van der Waals surface area contributed by atoms with Crippen molar-refractivity contribution in [1.29, 1.82) is 0 Å². The van der Waals surface area contributed by atoms with E-state index in [1.807, 2.05) is 31.7 Å². The summed E-state index contributed by atoms with van der Waals surface area (Å²) in [5.41, 5.74) is 0.485. The van der Waals surface area contributed by atoms with Gasteiger partial charge in [0.15, 0.2) is 11.3 Å². The van der Waals surface area contributed by atoms with Crippen molar-refractivity contribution >= 4 is 23.0 Å². The van der Waals surface area contributed by atoms with E-state index < -0.39 is 5.60 Å². The van der Waals surface area contributed by atoms with E-state index in [0.29, 0.717) is 29.2 Å². The number of likely N-dealkylation sites (tertiary alicyclic amines) is 1. The molecule has 7 heteroatoms. The number of rotatable bonds is 3. The maximum Gasteiger partial charge on any atom is 0.410 e. The van der Waals surface area contributed by atoms with Crippen LogP contribution in [0.1, 0.15) is 57.0 Å². The lowest BCUT2D eigenvalue weighted by atomic mass is 9.57. The number of amides is 2. The predicted molar refractivity (Wildman–Crippen MR) is 109 cm³/mol. The first-order valence-electron chi connectivity index (χ1n) is 10.3. The average Bonchev–Trinajstić information content (AvgIpc) is 3.07. The lowest BCUT2D eigenvalue weighted by molar-refractivity contribution is -0.0265. The third-order valence-corrected chi connectivity index (χ3v) is 6.02. The molecule has 0 bridgehead atoms. The molecule has 2 fully saturated rings. The molecular formula is C22H29N3O4. The maximum absolute atomic E-state index is 12.4. The molecule has 2 aromatic heterocycles. The molecule has 1 spiro atoms. The van der Waals surface area contributed by atoms with E-state index in [1.165, 1.54) is 0 Å². The van der Waals surface area contributed by atoms with Crippen LogP contribution in [0.3, 0.4) is 0 Å². The summed E-state index contributed by atoms with van der Waals surface area (Å²) >= 11 is 0. The summed E-state index contributed by atoms with van der Waals surface area (Å²) in [5.74, 6) is 0.632. The van der Waals surface area contributed by atoms with Crippen molar-refractivity contribution in [2.45, 2.75) is 52.1 Å². The number of hydrogen-bond acceptors (Lipinski definition) is 5. The van der Waals surface area contributed by atoms with Gasteiger partial charge in [-0.25, -0.2) is 4.79 Å². The molecule has 7 nitrogen and oxygen atoms in total. The Morgan fingerprint density at radius 1 is 1.31 bits per heavy atom. The summed E-state index contributed by atoms with van der Waals surface area (Å²) in [6.07, 6.45) is 7.29. The summed E-state index contributed by atoms with van der Waals surface area (Å²) in [5, 5.41) is 3.88. The van der Waals surface area contributed by atoms with Crippen molar-refractivity contribution in [3.8, 4) is 0 Å². The van der Waals surface area contributed by atoms with Gasteiger partial charge in [0.25, 0.3) is 5.91 Å². The van der Waals surface area contributed by atoms with Gasteiger partial charge >= 0.3 is 6.09 Å². The summed E-state index contributed by atoms with van der Waals surface area (Å²) < 4.78 is 11.0. The number of carbonyl (C=O) groups is 2. The topological polar surface area (TPSA) is 84.7 Å². The van der Waals surface area contributed by atoms with Crippen molar-refractivity contribution in [3.63, 3.8) is 0 Å². The van der Waals surface area contributed by atoms with Gasteiger partial charge in [-0.15, -0.1) is 0 Å². The Kier molecular flexibility index (Phi) is 5.00. The first-order valence-corrected chi connectivity index (χ1v) is 10.3. The van der Waals surface area contributed by atoms with Gasteiger partial charge in [0.05, 0.1) is 6.20 Å². The summed E-state index contributed by atoms with van der Waals surface area (Å²) in [7, 11) is 0. The van der Waals surface area contributed by atoms with Crippen molar-refractivity contribution in [2.75, 3.05) is 19.6 Å². The van der Waals surface area contributed by atoms with Crippen LogP contribution in [-0.4, -0.2) is 47.1 Å². The minimum absolute atomic E-state index is 0.179. The number of piperidine rings is 1. The summed E-state index contributed by atoms with van der Waals surface area (Å²) in [6.45, 7) is 7.84. The highest BCUT2D eigenvalue weighted by molar-refractivity contribution is 5.95. The third-order valence-electron chi connectivity index (χ3n) is 6.02. The second-order valence-electron chi connectivity index (χ2n) is 9.48. The van der Waals surface area contributed by atoms with Gasteiger partial charge in [-0.1, -0.05) is 0 Å². The Morgan fingerprint density at radius 2 is 2.03 bits per heavy atom. The molecular weight excluding hydrogens is 370 g/mol. The first kappa shape index (κ1) is 19.7. The van der Waals surface area contributed by atoms with Crippen LogP contribution in [-0.2, 0) is 4.74 Å². The SMILES string of the molecule is CC(C)(C)OC(=O)N1CCC2(CC1)CC(CNC(=O)c1cc3ccncc3o1)C2. The van der Waals surface area contributed by atoms with E-state index >= 15 is 0 Å². The molecule has 0 unspecified atom stereocenters. The fraction of sp³-hybridized carbons (Fsp3) is 0.591. The van der Waals surface area contributed by atoms with Crippen LogP contribution < -0.4 is 5.32 Å². The van der Waals surface area contributed by atoms with Gasteiger partial charge in [-0.05, 0) is 69.9 Å². The Labute approximate surface area is 170 Å². The zero-order valence-electron chi connectivity index (χ0n) is 17.4. The molecule has 2 aromatic rings. The summed E-state index contributed by atoms with van der Waals surface area (Å²) in [4.78, 5) is 30.4. The highest BCUT2D eigenvalue weighted by Crippen LogP contribution is 2.52. The number of carbonyl (C=O) groups excluding carboxylic acids is 2. The van der Waals surface area contributed by atoms with Crippen molar-refractivity contribution in [1.82, 2.24) is 15.2 Å². The fourth-order valence-corrected chi connectivity index (χ4v) is 4.53. The maximum atomic E-state index is 12.4. The number of fused-ring (bicyclic) bond motifs is 1. The number of ether oxygens (including phenoxy) is 1. The van der Waals surface area contributed by atoms with E-state index in [1.54, 1.807) is 18.5 Å². The van der Waals surface area contributed by atoms with Gasteiger partial charge < -0.3 is 19.4 Å². The van der Waals surface area contributed by atoms with Gasteiger partial charge in [-0.2, -0.15) is 0 Å². The van der Waals surface area contributed by atoms with Crippen LogP contribution in [0.15, 0.2) is 28.9 Å². The Balaban J connectivity index is 1.21. The van der Waals surface area contributed by atoms with Crippen LogP contribution in [0.2, 0.25) is 0 Å². The van der Waals surface area contributed by atoms with Crippen LogP contribution >= 0.6 is 0 Å². The number of nitrogens with zero attached hydrogens (tertiary/aromatic N) is 2. The largest absolute Gasteiger partial charge is 0.449 e. The zero-order valence-corrected chi connectivity index (χ0v) is 17.4. The number of hydrogen-bond donors (Lipinski definition) is 1. The molecule has 1 N–H and O–H groups in total. The molecule has 29 heavy (non-hydrogen) atoms. The Hall–Kier alpha value is -2.57. The lowest BCUT2D eigenvalue weighted by Gasteiger charge is -2.52. The van der Waals surface area contributed by atoms with E-state index in [0.717, 1.165) is 44.2 Å². The van der Waals surface area contributed by atoms with Crippen LogP contribution in [0.25, 0.3) is 11.0 Å². The van der Waals surface area contributed by atoms with E-state index in [-0.39, 0.29) is 12.0 Å². The quantitative estimate of drug-likeness (QED) is 0.844. The van der Waals surface area contributed by atoms with Crippen molar-refractivity contribution in [2.24, 2.45) is 11.3 Å². The van der Waals surface area contributed by atoms with Crippen LogP contribution in [0, 0.1) is 11.3 Å². The lowest BCUT2D eigenvalue weighted by Crippen LogP contribution is -2.51. The molecule has 3 heterocycles. The van der Waals surface area contributed by atoms with Gasteiger partial charge in [0.1, 0.15) is 5.60 Å². The second kappa shape index (κ2) is 7.35. The van der Waals surface area contributed by atoms with Crippen LogP contribution in [0.5, 0.6) is 0 Å². The number of pyridine rings is 1. The van der Waals surface area contributed by atoms with Crippen molar-refractivity contribution in [3.05, 3.63) is 30.3 Å². The normalized spacial score (nSPS) is 19.2. The second-order valence-corrected chi connectivity index (χ2v) is 9.48.